The highest BCUT2D eigenvalue weighted by Crippen LogP contribution is 2.33. The summed E-state index contributed by atoms with van der Waals surface area (Å²) in [5, 5.41) is 10.9. The van der Waals surface area contributed by atoms with Gasteiger partial charge in [-0.05, 0) is 38.3 Å². The Morgan fingerprint density at radius 2 is 2.24 bits per heavy atom. The Balaban J connectivity index is 2.39. The lowest BCUT2D eigenvalue weighted by Gasteiger charge is -2.34. The Hall–Kier alpha value is -1.65. The first kappa shape index (κ1) is 11.8. The smallest absolute Gasteiger partial charge is 0.295 e. The van der Waals surface area contributed by atoms with Gasteiger partial charge in [-0.15, -0.1) is 0 Å². The number of nitrogens with zero attached hydrogens (tertiary/aromatic N) is 2. The molecule has 1 aliphatic rings. The van der Waals surface area contributed by atoms with E-state index in [9.17, 15) is 14.5 Å². The molecule has 1 fully saturated rings. The highest BCUT2D eigenvalue weighted by Gasteiger charge is 2.25. The lowest BCUT2D eigenvalue weighted by atomic mass is 10.0. The lowest BCUT2D eigenvalue weighted by Crippen LogP contribution is -2.37. The summed E-state index contributed by atoms with van der Waals surface area (Å²) in [4.78, 5) is 12.4. The molecule has 4 nitrogen and oxygen atoms in total. The van der Waals surface area contributed by atoms with E-state index in [1.165, 1.54) is 12.1 Å². The van der Waals surface area contributed by atoms with E-state index in [1.807, 2.05) is 11.8 Å². The number of hydrogen-bond donors (Lipinski definition) is 0. The van der Waals surface area contributed by atoms with Crippen LogP contribution in [0.15, 0.2) is 18.2 Å². The van der Waals surface area contributed by atoms with Gasteiger partial charge in [0, 0.05) is 12.6 Å². The van der Waals surface area contributed by atoms with Gasteiger partial charge in [0.1, 0.15) is 11.5 Å². The molecule has 1 aromatic carbocycles. The van der Waals surface area contributed by atoms with E-state index >= 15 is 0 Å². The largest absolute Gasteiger partial charge is 0.363 e. The first-order chi connectivity index (χ1) is 8.09. The zero-order valence-corrected chi connectivity index (χ0v) is 9.73. The fourth-order valence-corrected chi connectivity index (χ4v) is 2.34. The van der Waals surface area contributed by atoms with Crippen LogP contribution in [0.2, 0.25) is 0 Å². The van der Waals surface area contributed by atoms with Crippen molar-refractivity contribution in [1.29, 1.82) is 0 Å². The van der Waals surface area contributed by atoms with Crippen LogP contribution in [-0.2, 0) is 0 Å². The fraction of sp³-hybridized carbons (Fsp3) is 0.500. The molecule has 0 spiro atoms. The Morgan fingerprint density at radius 1 is 1.47 bits per heavy atom. The van der Waals surface area contributed by atoms with Crippen molar-refractivity contribution in [3.8, 4) is 0 Å². The van der Waals surface area contributed by atoms with Gasteiger partial charge >= 0.3 is 0 Å². The zero-order valence-electron chi connectivity index (χ0n) is 9.73. The third-order valence-corrected chi connectivity index (χ3v) is 3.25. The number of anilines is 1. The van der Waals surface area contributed by atoms with E-state index < -0.39 is 10.7 Å². The molecule has 1 atom stereocenters. The van der Waals surface area contributed by atoms with Gasteiger partial charge in [0.2, 0.25) is 0 Å². The number of hydrogen-bond acceptors (Lipinski definition) is 3. The van der Waals surface area contributed by atoms with Crippen LogP contribution in [0.3, 0.4) is 0 Å². The maximum Gasteiger partial charge on any atom is 0.295 e. The number of benzene rings is 1. The lowest BCUT2D eigenvalue weighted by molar-refractivity contribution is -0.384. The van der Waals surface area contributed by atoms with Crippen LogP contribution in [0.5, 0.6) is 0 Å². The summed E-state index contributed by atoms with van der Waals surface area (Å²) in [5.74, 6) is -0.565. The molecule has 2 rings (SSSR count). The molecule has 0 unspecified atom stereocenters. The van der Waals surface area contributed by atoms with Gasteiger partial charge in [-0.1, -0.05) is 0 Å². The Labute approximate surface area is 99.2 Å². The maximum absolute atomic E-state index is 13.0. The minimum Gasteiger partial charge on any atom is -0.363 e. The molecule has 1 heterocycles. The highest BCUT2D eigenvalue weighted by atomic mass is 19.1. The van der Waals surface area contributed by atoms with Gasteiger partial charge < -0.3 is 4.90 Å². The highest BCUT2D eigenvalue weighted by molar-refractivity contribution is 5.64. The summed E-state index contributed by atoms with van der Waals surface area (Å²) in [7, 11) is 0. The van der Waals surface area contributed by atoms with Gasteiger partial charge in [0.25, 0.3) is 5.69 Å². The van der Waals surface area contributed by atoms with Crippen molar-refractivity contribution in [2.75, 3.05) is 11.4 Å². The normalized spacial score (nSPS) is 20.4. The Morgan fingerprint density at radius 3 is 2.88 bits per heavy atom. The second-order valence-electron chi connectivity index (χ2n) is 4.43. The predicted molar refractivity (Wildman–Crippen MR) is 63.7 cm³/mol. The molecule has 0 radical (unpaired) electrons. The Kier molecular flexibility index (Phi) is 3.26. The standard InChI is InChI=1S/C12H15FN2O2/c1-9-4-2-3-7-14(9)11-6-5-10(13)8-12(11)15(16)17/h5-6,8-9H,2-4,7H2,1H3/t9-/m0/s1. The third kappa shape index (κ3) is 2.38. The van der Waals surface area contributed by atoms with Gasteiger partial charge in [-0.25, -0.2) is 4.39 Å². The van der Waals surface area contributed by atoms with Gasteiger partial charge in [0.05, 0.1) is 11.0 Å². The van der Waals surface area contributed by atoms with Crippen LogP contribution in [-0.4, -0.2) is 17.5 Å². The zero-order chi connectivity index (χ0) is 12.4. The van der Waals surface area contributed by atoms with Crippen molar-refractivity contribution in [3.63, 3.8) is 0 Å². The summed E-state index contributed by atoms with van der Waals surface area (Å²) >= 11 is 0. The average molecular weight is 238 g/mol. The van der Waals surface area contributed by atoms with Gasteiger partial charge in [-0.3, -0.25) is 10.1 Å². The number of piperidine rings is 1. The monoisotopic (exact) mass is 238 g/mol. The molecule has 0 aliphatic carbocycles. The van der Waals surface area contributed by atoms with Crippen LogP contribution in [0.25, 0.3) is 0 Å². The molecule has 5 heteroatoms. The molecule has 1 aromatic rings. The van der Waals surface area contributed by atoms with Crippen LogP contribution in [0, 0.1) is 15.9 Å². The molecule has 0 saturated carbocycles. The summed E-state index contributed by atoms with van der Waals surface area (Å²) in [5.41, 5.74) is 0.391. The van der Waals surface area contributed by atoms with Gasteiger partial charge in [-0.2, -0.15) is 0 Å². The van der Waals surface area contributed by atoms with Crippen molar-refractivity contribution >= 4 is 11.4 Å². The quantitative estimate of drug-likeness (QED) is 0.587. The Bertz CT molecular complexity index is 437. The third-order valence-electron chi connectivity index (χ3n) is 3.25. The topological polar surface area (TPSA) is 46.4 Å². The second-order valence-corrected chi connectivity index (χ2v) is 4.43. The summed E-state index contributed by atoms with van der Waals surface area (Å²) in [6.07, 6.45) is 3.19. The second kappa shape index (κ2) is 4.69. The number of nitro benzene ring substituents is 1. The number of nitro groups is 1. The van der Waals surface area contributed by atoms with Crippen LogP contribution >= 0.6 is 0 Å². The van der Waals surface area contributed by atoms with Crippen molar-refractivity contribution in [2.24, 2.45) is 0 Å². The van der Waals surface area contributed by atoms with Crippen LogP contribution in [0.1, 0.15) is 26.2 Å². The molecule has 0 N–H and O–H groups in total. The molecule has 1 aliphatic heterocycles. The van der Waals surface area contributed by atoms with Crippen LogP contribution < -0.4 is 4.90 Å². The first-order valence-corrected chi connectivity index (χ1v) is 5.80. The molecule has 0 bridgehead atoms. The molecular formula is C12H15FN2O2. The van der Waals surface area contributed by atoms with E-state index in [0.29, 0.717) is 5.69 Å². The SMILES string of the molecule is C[C@H]1CCCCN1c1ccc(F)cc1[N+](=O)[O-]. The summed E-state index contributed by atoms with van der Waals surface area (Å²) < 4.78 is 13.0. The van der Waals surface area contributed by atoms with E-state index in [-0.39, 0.29) is 11.7 Å². The van der Waals surface area contributed by atoms with E-state index in [4.69, 9.17) is 0 Å². The van der Waals surface area contributed by atoms with Crippen molar-refractivity contribution in [3.05, 3.63) is 34.1 Å². The van der Waals surface area contributed by atoms with Crippen LogP contribution in [0.4, 0.5) is 15.8 Å². The molecule has 92 valence electrons. The number of halogens is 1. The molecule has 0 amide bonds. The number of rotatable bonds is 2. The molecule has 17 heavy (non-hydrogen) atoms. The minimum atomic E-state index is -0.565. The molecular weight excluding hydrogens is 223 g/mol. The first-order valence-electron chi connectivity index (χ1n) is 5.80. The minimum absolute atomic E-state index is 0.140. The molecule has 0 aromatic heterocycles. The van der Waals surface area contributed by atoms with Crippen molar-refractivity contribution in [2.45, 2.75) is 32.2 Å². The van der Waals surface area contributed by atoms with Crippen molar-refractivity contribution < 1.29 is 9.31 Å². The van der Waals surface area contributed by atoms with Crippen molar-refractivity contribution in [1.82, 2.24) is 0 Å². The molecule has 1 saturated heterocycles. The van der Waals surface area contributed by atoms with E-state index in [2.05, 4.69) is 0 Å². The summed E-state index contributed by atoms with van der Waals surface area (Å²) in [6.45, 7) is 2.85. The fourth-order valence-electron chi connectivity index (χ4n) is 2.34. The van der Waals surface area contributed by atoms with Gasteiger partial charge in [0.15, 0.2) is 0 Å². The van der Waals surface area contributed by atoms with E-state index in [1.54, 1.807) is 0 Å². The average Bonchev–Trinajstić information content (AvgIpc) is 2.30. The summed E-state index contributed by atoms with van der Waals surface area (Å²) in [6, 6.07) is 4.06. The predicted octanol–water partition coefficient (Wildman–Crippen LogP) is 3.11. The maximum atomic E-state index is 13.0. The van der Waals surface area contributed by atoms with E-state index in [0.717, 1.165) is 31.9 Å².